The van der Waals surface area contributed by atoms with Gasteiger partial charge in [-0.2, -0.15) is 0 Å². The minimum Gasteiger partial charge on any atom is -0.395 e. The van der Waals surface area contributed by atoms with Gasteiger partial charge in [0.05, 0.1) is 6.61 Å². The summed E-state index contributed by atoms with van der Waals surface area (Å²) in [6.07, 6.45) is 1.02. The van der Waals surface area contributed by atoms with Crippen LogP contribution in [0, 0.1) is 11.8 Å². The predicted octanol–water partition coefficient (Wildman–Crippen LogP) is 2.35. The molecule has 0 radical (unpaired) electrons. The number of rotatable bonds is 10. The highest BCUT2D eigenvalue weighted by Gasteiger charge is 2.13. The van der Waals surface area contributed by atoms with Gasteiger partial charge in [0.1, 0.15) is 0 Å². The van der Waals surface area contributed by atoms with Crippen LogP contribution < -0.4 is 5.32 Å². The van der Waals surface area contributed by atoms with Gasteiger partial charge in [-0.25, -0.2) is 0 Å². The Bertz CT molecular complexity index is 183. The quantitative estimate of drug-likeness (QED) is 0.631. The molecular formula is C15H34N2O. The molecule has 0 aromatic rings. The van der Waals surface area contributed by atoms with Gasteiger partial charge < -0.3 is 15.3 Å². The third kappa shape index (κ3) is 9.86. The number of hydrogen-bond acceptors (Lipinski definition) is 3. The molecule has 0 fully saturated rings. The van der Waals surface area contributed by atoms with Gasteiger partial charge in [-0.05, 0) is 24.8 Å². The Balaban J connectivity index is 4.13. The third-order valence-electron chi connectivity index (χ3n) is 2.83. The molecule has 2 N–H and O–H groups in total. The molecule has 0 saturated heterocycles. The van der Waals surface area contributed by atoms with Crippen LogP contribution in [0.2, 0.25) is 0 Å². The molecule has 0 aromatic heterocycles. The molecule has 1 unspecified atom stereocenters. The van der Waals surface area contributed by atoms with E-state index in [-0.39, 0.29) is 12.6 Å². The van der Waals surface area contributed by atoms with E-state index in [1.54, 1.807) is 0 Å². The topological polar surface area (TPSA) is 35.5 Å². The zero-order valence-electron chi connectivity index (χ0n) is 13.2. The van der Waals surface area contributed by atoms with Gasteiger partial charge in [-0.15, -0.1) is 0 Å². The standard InChI is InChI=1S/C15H34N2O/c1-12(2)9-17(10-13(3)4)8-7-15(11-18)16-14(5)6/h12-16,18H,7-11H2,1-6H3. The number of aliphatic hydroxyl groups excluding tert-OH is 1. The molecular weight excluding hydrogens is 224 g/mol. The predicted molar refractivity (Wildman–Crippen MR) is 79.9 cm³/mol. The second-order valence-corrected chi connectivity index (χ2v) is 6.54. The maximum absolute atomic E-state index is 9.37. The zero-order valence-corrected chi connectivity index (χ0v) is 13.2. The van der Waals surface area contributed by atoms with Crippen LogP contribution in [-0.4, -0.2) is 48.3 Å². The van der Waals surface area contributed by atoms with Gasteiger partial charge in [0.25, 0.3) is 0 Å². The van der Waals surface area contributed by atoms with E-state index >= 15 is 0 Å². The molecule has 18 heavy (non-hydrogen) atoms. The van der Waals surface area contributed by atoms with Crippen LogP contribution in [0.4, 0.5) is 0 Å². The van der Waals surface area contributed by atoms with E-state index in [1.807, 2.05) is 0 Å². The minimum atomic E-state index is 0.229. The second kappa shape index (κ2) is 9.76. The highest BCUT2D eigenvalue weighted by molar-refractivity contribution is 4.72. The molecule has 3 nitrogen and oxygen atoms in total. The second-order valence-electron chi connectivity index (χ2n) is 6.54. The van der Waals surface area contributed by atoms with Crippen LogP contribution in [0.1, 0.15) is 48.0 Å². The number of aliphatic hydroxyl groups is 1. The summed E-state index contributed by atoms with van der Waals surface area (Å²) >= 11 is 0. The average Bonchev–Trinajstić information content (AvgIpc) is 2.21. The van der Waals surface area contributed by atoms with Crippen molar-refractivity contribution >= 4 is 0 Å². The van der Waals surface area contributed by atoms with E-state index in [0.29, 0.717) is 17.9 Å². The van der Waals surface area contributed by atoms with Crippen LogP contribution in [0.15, 0.2) is 0 Å². The molecule has 1 atom stereocenters. The highest BCUT2D eigenvalue weighted by atomic mass is 16.3. The maximum atomic E-state index is 9.37. The Morgan fingerprint density at radius 3 is 1.78 bits per heavy atom. The Labute approximate surface area is 114 Å². The van der Waals surface area contributed by atoms with Crippen molar-refractivity contribution < 1.29 is 5.11 Å². The minimum absolute atomic E-state index is 0.229. The molecule has 0 heterocycles. The van der Waals surface area contributed by atoms with Crippen molar-refractivity contribution in [3.05, 3.63) is 0 Å². The SMILES string of the molecule is CC(C)CN(CCC(CO)NC(C)C)CC(C)C. The summed E-state index contributed by atoms with van der Waals surface area (Å²) in [5.41, 5.74) is 0. The van der Waals surface area contributed by atoms with E-state index in [2.05, 4.69) is 51.8 Å². The lowest BCUT2D eigenvalue weighted by Crippen LogP contribution is -2.41. The summed E-state index contributed by atoms with van der Waals surface area (Å²) < 4.78 is 0. The Hall–Kier alpha value is -0.120. The van der Waals surface area contributed by atoms with Gasteiger partial charge >= 0.3 is 0 Å². The lowest BCUT2D eigenvalue weighted by atomic mass is 10.1. The third-order valence-corrected chi connectivity index (χ3v) is 2.83. The fourth-order valence-corrected chi connectivity index (χ4v) is 2.33. The Morgan fingerprint density at radius 2 is 1.44 bits per heavy atom. The van der Waals surface area contributed by atoms with Crippen molar-refractivity contribution in [2.75, 3.05) is 26.2 Å². The van der Waals surface area contributed by atoms with E-state index in [1.165, 1.54) is 0 Å². The molecule has 0 aliphatic rings. The van der Waals surface area contributed by atoms with Crippen LogP contribution in [0.5, 0.6) is 0 Å². The van der Waals surface area contributed by atoms with Crippen molar-refractivity contribution in [2.45, 2.75) is 60.0 Å². The van der Waals surface area contributed by atoms with Crippen LogP contribution >= 0.6 is 0 Å². The van der Waals surface area contributed by atoms with Crippen molar-refractivity contribution in [3.8, 4) is 0 Å². The number of nitrogens with zero attached hydrogens (tertiary/aromatic N) is 1. The summed E-state index contributed by atoms with van der Waals surface area (Å²) in [5.74, 6) is 1.41. The summed E-state index contributed by atoms with van der Waals surface area (Å²) in [7, 11) is 0. The first-order valence-corrected chi connectivity index (χ1v) is 7.44. The highest BCUT2D eigenvalue weighted by Crippen LogP contribution is 2.06. The van der Waals surface area contributed by atoms with Crippen molar-refractivity contribution in [3.63, 3.8) is 0 Å². The number of nitrogens with one attached hydrogen (secondary N) is 1. The Morgan fingerprint density at radius 1 is 0.944 bits per heavy atom. The molecule has 0 amide bonds. The molecule has 0 spiro atoms. The fraction of sp³-hybridized carbons (Fsp3) is 1.00. The van der Waals surface area contributed by atoms with Crippen molar-refractivity contribution in [1.29, 1.82) is 0 Å². The van der Waals surface area contributed by atoms with E-state index in [9.17, 15) is 5.11 Å². The summed E-state index contributed by atoms with van der Waals surface area (Å²) in [6.45, 7) is 16.9. The smallest absolute Gasteiger partial charge is 0.0585 e. The molecule has 0 bridgehead atoms. The van der Waals surface area contributed by atoms with Crippen molar-refractivity contribution in [2.24, 2.45) is 11.8 Å². The average molecular weight is 258 g/mol. The zero-order chi connectivity index (χ0) is 14.1. The van der Waals surface area contributed by atoms with Crippen LogP contribution in [0.3, 0.4) is 0 Å². The first-order valence-electron chi connectivity index (χ1n) is 7.44. The van der Waals surface area contributed by atoms with E-state index in [0.717, 1.165) is 26.1 Å². The lowest BCUT2D eigenvalue weighted by Gasteiger charge is -2.28. The summed E-state index contributed by atoms with van der Waals surface area (Å²) in [5, 5.41) is 12.8. The van der Waals surface area contributed by atoms with Gasteiger partial charge in [0, 0.05) is 25.2 Å². The van der Waals surface area contributed by atoms with Crippen molar-refractivity contribution in [1.82, 2.24) is 10.2 Å². The summed E-state index contributed by atoms with van der Waals surface area (Å²) in [4.78, 5) is 2.53. The first kappa shape index (κ1) is 17.9. The monoisotopic (exact) mass is 258 g/mol. The number of hydrogen-bond donors (Lipinski definition) is 2. The largest absolute Gasteiger partial charge is 0.395 e. The maximum Gasteiger partial charge on any atom is 0.0585 e. The molecule has 0 aromatic carbocycles. The van der Waals surface area contributed by atoms with Gasteiger partial charge in [-0.1, -0.05) is 41.5 Å². The molecule has 0 saturated carbocycles. The van der Waals surface area contributed by atoms with Crippen LogP contribution in [0.25, 0.3) is 0 Å². The summed E-state index contributed by atoms with van der Waals surface area (Å²) in [6, 6.07) is 0.664. The normalized spacial score (nSPS) is 14.2. The Kier molecular flexibility index (Phi) is 9.70. The van der Waals surface area contributed by atoms with Gasteiger partial charge in [0.2, 0.25) is 0 Å². The molecule has 0 aliphatic carbocycles. The van der Waals surface area contributed by atoms with Gasteiger partial charge in [0.15, 0.2) is 0 Å². The first-order chi connectivity index (χ1) is 8.35. The molecule has 0 aliphatic heterocycles. The van der Waals surface area contributed by atoms with Gasteiger partial charge in [-0.3, -0.25) is 0 Å². The van der Waals surface area contributed by atoms with Crippen LogP contribution in [-0.2, 0) is 0 Å². The fourth-order valence-electron chi connectivity index (χ4n) is 2.33. The lowest BCUT2D eigenvalue weighted by molar-refractivity contribution is 0.180. The molecule has 110 valence electrons. The molecule has 3 heteroatoms. The van der Waals surface area contributed by atoms with E-state index < -0.39 is 0 Å². The van der Waals surface area contributed by atoms with E-state index in [4.69, 9.17) is 0 Å². The molecule has 0 rings (SSSR count).